The summed E-state index contributed by atoms with van der Waals surface area (Å²) in [6.07, 6.45) is 2.09. The van der Waals surface area contributed by atoms with Crippen molar-refractivity contribution >= 4 is 44.1 Å². The van der Waals surface area contributed by atoms with Crippen LogP contribution in [-0.4, -0.2) is 11.2 Å². The van der Waals surface area contributed by atoms with Gasteiger partial charge in [-0.15, -0.1) is 11.8 Å². The average molecular weight is 300 g/mol. The van der Waals surface area contributed by atoms with E-state index < -0.39 is 0 Å². The number of benzene rings is 2. The highest BCUT2D eigenvalue weighted by molar-refractivity contribution is 7.98. The summed E-state index contributed by atoms with van der Waals surface area (Å²) in [6, 6.07) is 12.8. The van der Waals surface area contributed by atoms with Crippen molar-refractivity contribution in [1.29, 1.82) is 0 Å². The van der Waals surface area contributed by atoms with E-state index in [0.29, 0.717) is 0 Å². The van der Waals surface area contributed by atoms with E-state index in [-0.39, 0.29) is 0 Å². The van der Waals surface area contributed by atoms with Crippen LogP contribution < -0.4 is 5.32 Å². The summed E-state index contributed by atoms with van der Waals surface area (Å²) in [5.41, 5.74) is 4.72. The van der Waals surface area contributed by atoms with Crippen LogP contribution in [0.5, 0.6) is 0 Å². The Kier molecular flexibility index (Phi) is 3.68. The van der Waals surface area contributed by atoms with Crippen molar-refractivity contribution in [1.82, 2.24) is 4.98 Å². The Morgan fingerprint density at radius 1 is 1.15 bits per heavy atom. The average Bonchev–Trinajstić information content (AvgIpc) is 2.85. The van der Waals surface area contributed by atoms with E-state index in [1.807, 2.05) is 0 Å². The molecule has 20 heavy (non-hydrogen) atoms. The monoisotopic (exact) mass is 300 g/mol. The van der Waals surface area contributed by atoms with Crippen molar-refractivity contribution in [3.8, 4) is 0 Å². The minimum Gasteiger partial charge on any atom is -0.331 e. The normalized spacial score (nSPS) is 10.9. The van der Waals surface area contributed by atoms with Gasteiger partial charge in [0.1, 0.15) is 0 Å². The molecule has 0 radical (unpaired) electrons. The van der Waals surface area contributed by atoms with Gasteiger partial charge in [-0.3, -0.25) is 0 Å². The number of rotatable bonds is 3. The first-order chi connectivity index (χ1) is 9.67. The Labute approximate surface area is 127 Å². The van der Waals surface area contributed by atoms with Crippen LogP contribution in [0.2, 0.25) is 0 Å². The largest absolute Gasteiger partial charge is 0.331 e. The molecule has 0 aliphatic carbocycles. The second-order valence-corrected chi connectivity index (χ2v) is 6.65. The van der Waals surface area contributed by atoms with Gasteiger partial charge < -0.3 is 5.32 Å². The summed E-state index contributed by atoms with van der Waals surface area (Å²) in [7, 11) is 0. The first kappa shape index (κ1) is 13.5. The molecule has 2 nitrogen and oxygen atoms in total. The van der Waals surface area contributed by atoms with Crippen molar-refractivity contribution in [3.63, 3.8) is 0 Å². The van der Waals surface area contributed by atoms with Crippen LogP contribution in [0.4, 0.5) is 10.8 Å². The molecule has 102 valence electrons. The molecule has 0 atom stereocenters. The molecule has 2 aromatic carbocycles. The third-order valence-electron chi connectivity index (χ3n) is 3.24. The molecule has 0 spiro atoms. The zero-order chi connectivity index (χ0) is 14.1. The van der Waals surface area contributed by atoms with E-state index in [4.69, 9.17) is 4.98 Å². The number of nitrogens with zero attached hydrogens (tertiary/aromatic N) is 1. The number of nitrogens with one attached hydrogen (secondary N) is 1. The molecule has 0 saturated carbocycles. The molecule has 0 aliphatic rings. The Hall–Kier alpha value is -1.52. The van der Waals surface area contributed by atoms with Gasteiger partial charge in [0.25, 0.3) is 0 Å². The van der Waals surface area contributed by atoms with E-state index >= 15 is 0 Å². The molecule has 4 heteroatoms. The van der Waals surface area contributed by atoms with Crippen LogP contribution in [0.25, 0.3) is 10.2 Å². The smallest absolute Gasteiger partial charge is 0.188 e. The highest BCUT2D eigenvalue weighted by Gasteiger charge is 2.08. The summed E-state index contributed by atoms with van der Waals surface area (Å²) in [5.74, 6) is 0. The highest BCUT2D eigenvalue weighted by atomic mass is 32.2. The molecule has 1 N–H and O–H groups in total. The summed E-state index contributed by atoms with van der Waals surface area (Å²) in [5, 5.41) is 4.41. The van der Waals surface area contributed by atoms with E-state index in [2.05, 4.69) is 61.8 Å². The van der Waals surface area contributed by atoms with Gasteiger partial charge >= 0.3 is 0 Å². The SMILES string of the molecule is CSc1cccc2sc(Nc3cc(C)ccc3C)nc12. The highest BCUT2D eigenvalue weighted by Crippen LogP contribution is 2.34. The fraction of sp³-hybridized carbons (Fsp3) is 0.188. The third kappa shape index (κ3) is 2.53. The lowest BCUT2D eigenvalue weighted by molar-refractivity contribution is 1.35. The van der Waals surface area contributed by atoms with Gasteiger partial charge in [-0.05, 0) is 49.4 Å². The maximum atomic E-state index is 4.74. The number of hydrogen-bond donors (Lipinski definition) is 1. The number of aryl methyl sites for hydroxylation is 2. The van der Waals surface area contributed by atoms with Gasteiger partial charge in [0, 0.05) is 10.6 Å². The number of thioether (sulfide) groups is 1. The maximum Gasteiger partial charge on any atom is 0.188 e. The molecule has 0 amide bonds. The van der Waals surface area contributed by atoms with Gasteiger partial charge in [0.05, 0.1) is 10.2 Å². The maximum absolute atomic E-state index is 4.74. The first-order valence-electron chi connectivity index (χ1n) is 6.45. The molecule has 0 unspecified atom stereocenters. The quantitative estimate of drug-likeness (QED) is 0.657. The van der Waals surface area contributed by atoms with Gasteiger partial charge in [0.15, 0.2) is 5.13 Å². The zero-order valence-electron chi connectivity index (χ0n) is 11.7. The fourth-order valence-corrected chi connectivity index (χ4v) is 3.66. The zero-order valence-corrected chi connectivity index (χ0v) is 13.4. The van der Waals surface area contributed by atoms with Crippen LogP contribution in [0, 0.1) is 13.8 Å². The van der Waals surface area contributed by atoms with E-state index in [1.165, 1.54) is 20.7 Å². The van der Waals surface area contributed by atoms with Crippen molar-refractivity contribution < 1.29 is 0 Å². The summed E-state index contributed by atoms with van der Waals surface area (Å²) < 4.78 is 1.23. The van der Waals surface area contributed by atoms with E-state index in [9.17, 15) is 0 Å². The lowest BCUT2D eigenvalue weighted by atomic mass is 10.1. The lowest BCUT2D eigenvalue weighted by Crippen LogP contribution is -1.92. The lowest BCUT2D eigenvalue weighted by Gasteiger charge is -2.07. The second-order valence-electron chi connectivity index (χ2n) is 4.77. The predicted molar refractivity (Wildman–Crippen MR) is 90.6 cm³/mol. The molecule has 0 fully saturated rings. The molecule has 1 aromatic heterocycles. The molecular formula is C16H16N2S2. The summed E-state index contributed by atoms with van der Waals surface area (Å²) in [4.78, 5) is 5.97. The standard InChI is InChI=1S/C16H16N2S2/c1-10-7-8-11(2)12(9-10)17-16-18-15-13(19-3)5-4-6-14(15)20-16/h4-9H,1-3H3,(H,17,18). The molecule has 0 saturated heterocycles. The molecule has 0 aliphatic heterocycles. The van der Waals surface area contributed by atoms with E-state index in [1.54, 1.807) is 23.1 Å². The Balaban J connectivity index is 2.01. The van der Waals surface area contributed by atoms with Crippen LogP contribution in [0.3, 0.4) is 0 Å². The molecule has 0 bridgehead atoms. The molecule has 3 rings (SSSR count). The van der Waals surface area contributed by atoms with Gasteiger partial charge in [-0.1, -0.05) is 29.5 Å². The number of hydrogen-bond acceptors (Lipinski definition) is 4. The molecule has 3 aromatic rings. The van der Waals surface area contributed by atoms with Crippen molar-refractivity contribution in [2.75, 3.05) is 11.6 Å². The van der Waals surface area contributed by atoms with Gasteiger partial charge in [-0.2, -0.15) is 0 Å². The van der Waals surface area contributed by atoms with Crippen LogP contribution in [0.1, 0.15) is 11.1 Å². The minimum absolute atomic E-state index is 0.954. The fourth-order valence-electron chi connectivity index (χ4n) is 2.13. The van der Waals surface area contributed by atoms with Crippen molar-refractivity contribution in [2.24, 2.45) is 0 Å². The van der Waals surface area contributed by atoms with Crippen LogP contribution in [-0.2, 0) is 0 Å². The topological polar surface area (TPSA) is 24.9 Å². The predicted octanol–water partition coefficient (Wildman–Crippen LogP) is 5.38. The van der Waals surface area contributed by atoms with Gasteiger partial charge in [-0.25, -0.2) is 4.98 Å². The summed E-state index contributed by atoms with van der Waals surface area (Å²) in [6.45, 7) is 4.22. The number of aromatic nitrogens is 1. The first-order valence-corrected chi connectivity index (χ1v) is 8.49. The Morgan fingerprint density at radius 3 is 2.80 bits per heavy atom. The number of fused-ring (bicyclic) bond motifs is 1. The Morgan fingerprint density at radius 2 is 2.00 bits per heavy atom. The number of anilines is 2. The second kappa shape index (κ2) is 5.46. The minimum atomic E-state index is 0.954. The number of para-hydroxylation sites is 1. The van der Waals surface area contributed by atoms with Crippen molar-refractivity contribution in [3.05, 3.63) is 47.5 Å². The van der Waals surface area contributed by atoms with Crippen molar-refractivity contribution in [2.45, 2.75) is 18.7 Å². The molecule has 1 heterocycles. The summed E-state index contributed by atoms with van der Waals surface area (Å²) >= 11 is 3.44. The van der Waals surface area contributed by atoms with E-state index in [0.717, 1.165) is 16.3 Å². The van der Waals surface area contributed by atoms with Crippen LogP contribution in [0.15, 0.2) is 41.3 Å². The van der Waals surface area contributed by atoms with Gasteiger partial charge in [0.2, 0.25) is 0 Å². The Bertz CT molecular complexity index is 762. The third-order valence-corrected chi connectivity index (χ3v) is 4.94. The number of thiazole rings is 1. The van der Waals surface area contributed by atoms with Crippen LogP contribution >= 0.6 is 23.1 Å². The molecular weight excluding hydrogens is 284 g/mol.